The Morgan fingerprint density at radius 1 is 1.21 bits per heavy atom. The summed E-state index contributed by atoms with van der Waals surface area (Å²) in [4.78, 5) is 0. The van der Waals surface area contributed by atoms with Crippen LogP contribution in [0.2, 0.25) is 5.02 Å². The average Bonchev–Trinajstić information content (AvgIpc) is 2.37. The van der Waals surface area contributed by atoms with E-state index in [0.29, 0.717) is 24.8 Å². The molecule has 1 atom stereocenters. The third-order valence-corrected chi connectivity index (χ3v) is 2.92. The molecular formula is C14H22ClNO3. The van der Waals surface area contributed by atoms with E-state index in [4.69, 9.17) is 31.5 Å². The third-order valence-electron chi connectivity index (χ3n) is 2.60. The maximum absolute atomic E-state index is 6.12. The van der Waals surface area contributed by atoms with Gasteiger partial charge in [-0.3, -0.25) is 0 Å². The van der Waals surface area contributed by atoms with E-state index in [0.717, 1.165) is 24.3 Å². The van der Waals surface area contributed by atoms with E-state index in [2.05, 4.69) is 0 Å². The van der Waals surface area contributed by atoms with Gasteiger partial charge in [-0.25, -0.2) is 0 Å². The van der Waals surface area contributed by atoms with E-state index in [1.54, 1.807) is 13.2 Å². The van der Waals surface area contributed by atoms with Crippen molar-refractivity contribution in [3.8, 4) is 5.75 Å². The predicted octanol–water partition coefficient (Wildman–Crippen LogP) is 2.79. The van der Waals surface area contributed by atoms with Gasteiger partial charge in [0.05, 0.1) is 6.61 Å². The summed E-state index contributed by atoms with van der Waals surface area (Å²) in [5.74, 6) is 0.731. The summed E-state index contributed by atoms with van der Waals surface area (Å²) in [5.41, 5.74) is 6.71. The summed E-state index contributed by atoms with van der Waals surface area (Å²) < 4.78 is 15.9. The topological polar surface area (TPSA) is 53.7 Å². The zero-order valence-corrected chi connectivity index (χ0v) is 12.3. The molecule has 0 radical (unpaired) electrons. The van der Waals surface area contributed by atoms with Crippen LogP contribution in [0.15, 0.2) is 18.2 Å². The summed E-state index contributed by atoms with van der Waals surface area (Å²) >= 11 is 6.12. The molecule has 0 amide bonds. The number of ether oxygens (including phenoxy) is 3. The molecule has 108 valence electrons. The van der Waals surface area contributed by atoms with Gasteiger partial charge in [-0.15, -0.1) is 0 Å². The van der Waals surface area contributed by atoms with Crippen LogP contribution in [0.25, 0.3) is 0 Å². The van der Waals surface area contributed by atoms with Crippen LogP contribution in [0.3, 0.4) is 0 Å². The van der Waals surface area contributed by atoms with Gasteiger partial charge in [-0.2, -0.15) is 0 Å². The monoisotopic (exact) mass is 287 g/mol. The first kappa shape index (κ1) is 16.2. The van der Waals surface area contributed by atoms with Crippen LogP contribution in [-0.4, -0.2) is 33.5 Å². The minimum Gasteiger partial charge on any atom is -0.491 e. The van der Waals surface area contributed by atoms with Crippen LogP contribution < -0.4 is 10.5 Å². The van der Waals surface area contributed by atoms with E-state index in [-0.39, 0.29) is 6.04 Å². The lowest BCUT2D eigenvalue weighted by molar-refractivity contribution is 0.0806. The summed E-state index contributed by atoms with van der Waals surface area (Å²) in [7, 11) is 1.68. The third kappa shape index (κ3) is 6.25. The number of nitrogens with two attached hydrogens (primary N) is 1. The van der Waals surface area contributed by atoms with Gasteiger partial charge < -0.3 is 19.9 Å². The lowest BCUT2D eigenvalue weighted by Gasteiger charge is -2.11. The van der Waals surface area contributed by atoms with Gasteiger partial charge in [0.2, 0.25) is 0 Å². The number of methoxy groups -OCH3 is 1. The van der Waals surface area contributed by atoms with E-state index in [9.17, 15) is 0 Å². The smallest absolute Gasteiger partial charge is 0.120 e. The minimum atomic E-state index is -0.0781. The summed E-state index contributed by atoms with van der Waals surface area (Å²) in [5, 5.41) is 0.633. The molecule has 0 aliphatic carbocycles. The molecule has 19 heavy (non-hydrogen) atoms. The average molecular weight is 288 g/mol. The van der Waals surface area contributed by atoms with E-state index >= 15 is 0 Å². The van der Waals surface area contributed by atoms with Gasteiger partial charge in [0.1, 0.15) is 12.4 Å². The van der Waals surface area contributed by atoms with E-state index < -0.39 is 0 Å². The normalized spacial score (nSPS) is 12.4. The molecule has 0 heterocycles. The first-order valence-electron chi connectivity index (χ1n) is 6.39. The quantitative estimate of drug-likeness (QED) is 0.710. The molecule has 0 spiro atoms. The molecule has 0 aliphatic rings. The Morgan fingerprint density at radius 3 is 2.63 bits per heavy atom. The fraction of sp³-hybridized carbons (Fsp3) is 0.571. The van der Waals surface area contributed by atoms with Gasteiger partial charge in [0.25, 0.3) is 0 Å². The molecule has 0 aromatic heterocycles. The highest BCUT2D eigenvalue weighted by Gasteiger charge is 2.06. The minimum absolute atomic E-state index is 0.0781. The highest BCUT2D eigenvalue weighted by atomic mass is 35.5. The fourth-order valence-corrected chi connectivity index (χ4v) is 1.94. The molecule has 1 unspecified atom stereocenters. The van der Waals surface area contributed by atoms with Gasteiger partial charge in [0, 0.05) is 31.4 Å². The Balaban J connectivity index is 2.25. The van der Waals surface area contributed by atoms with Gasteiger partial charge in [-0.05, 0) is 31.0 Å². The zero-order chi connectivity index (χ0) is 14.1. The molecule has 0 bridgehead atoms. The van der Waals surface area contributed by atoms with Crippen LogP contribution in [0.4, 0.5) is 0 Å². The summed E-state index contributed by atoms with van der Waals surface area (Å²) in [6.45, 7) is 4.35. The standard InChI is InChI=1S/C14H22ClNO3/c1-11(16)13-5-4-12(10-14(13)15)19-9-8-18-7-3-6-17-2/h4-5,10-11H,3,6-9,16H2,1-2H3. The van der Waals surface area contributed by atoms with Crippen LogP contribution in [-0.2, 0) is 9.47 Å². The molecule has 4 nitrogen and oxygen atoms in total. The van der Waals surface area contributed by atoms with Crippen molar-refractivity contribution in [1.29, 1.82) is 0 Å². The van der Waals surface area contributed by atoms with Crippen molar-refractivity contribution in [2.24, 2.45) is 5.73 Å². The van der Waals surface area contributed by atoms with Crippen molar-refractivity contribution < 1.29 is 14.2 Å². The molecule has 0 saturated heterocycles. The number of hydrogen-bond donors (Lipinski definition) is 1. The molecule has 0 saturated carbocycles. The summed E-state index contributed by atoms with van der Waals surface area (Å²) in [6, 6.07) is 5.47. The molecule has 0 fully saturated rings. The number of benzene rings is 1. The Bertz CT molecular complexity index is 372. The zero-order valence-electron chi connectivity index (χ0n) is 11.5. The molecular weight excluding hydrogens is 266 g/mol. The Labute approximate surface area is 119 Å². The van der Waals surface area contributed by atoms with Gasteiger partial charge in [-0.1, -0.05) is 17.7 Å². The molecule has 1 aromatic rings. The second kappa shape index (κ2) is 9.15. The number of halogens is 1. The largest absolute Gasteiger partial charge is 0.491 e. The van der Waals surface area contributed by atoms with Gasteiger partial charge in [0.15, 0.2) is 0 Å². The first-order valence-corrected chi connectivity index (χ1v) is 6.77. The van der Waals surface area contributed by atoms with Crippen molar-refractivity contribution in [3.05, 3.63) is 28.8 Å². The lowest BCUT2D eigenvalue weighted by atomic mass is 10.1. The maximum Gasteiger partial charge on any atom is 0.120 e. The molecule has 1 aromatic carbocycles. The van der Waals surface area contributed by atoms with Gasteiger partial charge >= 0.3 is 0 Å². The van der Waals surface area contributed by atoms with E-state index in [1.165, 1.54) is 0 Å². The molecule has 5 heteroatoms. The Hall–Kier alpha value is -0.810. The van der Waals surface area contributed by atoms with Crippen LogP contribution in [0.1, 0.15) is 24.9 Å². The van der Waals surface area contributed by atoms with E-state index in [1.807, 2.05) is 19.1 Å². The number of rotatable bonds is 9. The van der Waals surface area contributed by atoms with Crippen LogP contribution >= 0.6 is 11.6 Å². The SMILES string of the molecule is COCCCOCCOc1ccc(C(C)N)c(Cl)c1. The highest BCUT2D eigenvalue weighted by molar-refractivity contribution is 6.31. The molecule has 0 aliphatic heterocycles. The molecule has 2 N–H and O–H groups in total. The second-order valence-electron chi connectivity index (χ2n) is 4.28. The fourth-order valence-electron chi connectivity index (χ4n) is 1.59. The van der Waals surface area contributed by atoms with Crippen LogP contribution in [0, 0.1) is 0 Å². The first-order chi connectivity index (χ1) is 9.15. The number of hydrogen-bond acceptors (Lipinski definition) is 4. The maximum atomic E-state index is 6.12. The van der Waals surface area contributed by atoms with Crippen molar-refractivity contribution >= 4 is 11.6 Å². The summed E-state index contributed by atoms with van der Waals surface area (Å²) in [6.07, 6.45) is 0.894. The Morgan fingerprint density at radius 2 is 2.00 bits per heavy atom. The van der Waals surface area contributed by atoms with Crippen molar-refractivity contribution in [2.45, 2.75) is 19.4 Å². The Kier molecular flexibility index (Phi) is 7.82. The predicted molar refractivity (Wildman–Crippen MR) is 76.9 cm³/mol. The lowest BCUT2D eigenvalue weighted by Crippen LogP contribution is -2.09. The van der Waals surface area contributed by atoms with Crippen molar-refractivity contribution in [2.75, 3.05) is 33.5 Å². The van der Waals surface area contributed by atoms with Crippen LogP contribution in [0.5, 0.6) is 5.75 Å². The van der Waals surface area contributed by atoms with Crippen molar-refractivity contribution in [1.82, 2.24) is 0 Å². The second-order valence-corrected chi connectivity index (χ2v) is 4.69. The molecule has 1 rings (SSSR count). The van der Waals surface area contributed by atoms with Crippen molar-refractivity contribution in [3.63, 3.8) is 0 Å². The highest BCUT2D eigenvalue weighted by Crippen LogP contribution is 2.26.